The van der Waals surface area contributed by atoms with Gasteiger partial charge in [0.1, 0.15) is 6.10 Å². The number of ether oxygens (including phenoxy) is 3. The molecule has 5 heteroatoms. The first-order valence-corrected chi connectivity index (χ1v) is 6.41. The van der Waals surface area contributed by atoms with Gasteiger partial charge in [0.15, 0.2) is 5.79 Å². The van der Waals surface area contributed by atoms with Crippen LogP contribution in [0, 0.1) is 0 Å². The molecule has 0 saturated carbocycles. The lowest BCUT2D eigenvalue weighted by atomic mass is 10.2. The van der Waals surface area contributed by atoms with Crippen molar-refractivity contribution in [1.82, 2.24) is 4.90 Å². The van der Waals surface area contributed by atoms with E-state index in [4.69, 9.17) is 14.2 Å². The summed E-state index contributed by atoms with van der Waals surface area (Å²) in [6.45, 7) is 4.56. The lowest BCUT2D eigenvalue weighted by Gasteiger charge is -2.24. The van der Waals surface area contributed by atoms with Crippen LogP contribution in [0.3, 0.4) is 0 Å². The van der Waals surface area contributed by atoms with E-state index in [0.29, 0.717) is 26.3 Å². The molecule has 96 valence electrons. The van der Waals surface area contributed by atoms with Crippen molar-refractivity contribution in [3.63, 3.8) is 0 Å². The van der Waals surface area contributed by atoms with Gasteiger partial charge in [0.2, 0.25) is 0 Å². The molecule has 3 aliphatic rings. The van der Waals surface area contributed by atoms with Crippen molar-refractivity contribution in [2.75, 3.05) is 26.3 Å². The number of carbonyl (C=O) groups excluding carboxylic acids is 1. The first kappa shape index (κ1) is 11.4. The molecular formula is C12H19NO4. The Kier molecular flexibility index (Phi) is 2.84. The van der Waals surface area contributed by atoms with Gasteiger partial charge in [0.05, 0.1) is 25.9 Å². The summed E-state index contributed by atoms with van der Waals surface area (Å²) in [6.07, 6.45) is 2.55. The van der Waals surface area contributed by atoms with Gasteiger partial charge in [0.25, 0.3) is 5.91 Å². The highest BCUT2D eigenvalue weighted by atomic mass is 16.7. The fourth-order valence-corrected chi connectivity index (χ4v) is 2.86. The smallest absolute Gasteiger partial charge is 0.251 e. The zero-order chi connectivity index (χ0) is 11.9. The monoisotopic (exact) mass is 241 g/mol. The molecule has 5 nitrogen and oxygen atoms in total. The summed E-state index contributed by atoms with van der Waals surface area (Å²) in [4.78, 5) is 14.1. The molecule has 0 bridgehead atoms. The van der Waals surface area contributed by atoms with E-state index < -0.39 is 5.79 Å². The third-order valence-corrected chi connectivity index (χ3v) is 3.83. The quantitative estimate of drug-likeness (QED) is 0.672. The van der Waals surface area contributed by atoms with E-state index >= 15 is 0 Å². The maximum Gasteiger partial charge on any atom is 0.251 e. The van der Waals surface area contributed by atoms with Crippen LogP contribution >= 0.6 is 0 Å². The normalized spacial score (nSPS) is 35.9. The maximum atomic E-state index is 12.2. The minimum Gasteiger partial charge on any atom is -0.365 e. The molecule has 17 heavy (non-hydrogen) atoms. The van der Waals surface area contributed by atoms with Crippen molar-refractivity contribution in [2.24, 2.45) is 0 Å². The second-order valence-electron chi connectivity index (χ2n) is 5.13. The average molecular weight is 241 g/mol. The zero-order valence-electron chi connectivity index (χ0n) is 10.2. The van der Waals surface area contributed by atoms with Gasteiger partial charge in [-0.05, 0) is 19.8 Å². The standard InChI is InChI=1S/C12H19NO4/c1-9-2-3-10(17-9)11(14)13-5-4-12(8-13)15-6-7-16-12/h9-10H,2-8H2,1H3. The number of amides is 1. The van der Waals surface area contributed by atoms with Crippen molar-refractivity contribution in [1.29, 1.82) is 0 Å². The molecule has 1 spiro atoms. The molecule has 3 fully saturated rings. The van der Waals surface area contributed by atoms with Crippen LogP contribution in [0.2, 0.25) is 0 Å². The van der Waals surface area contributed by atoms with Gasteiger partial charge in [-0.15, -0.1) is 0 Å². The van der Waals surface area contributed by atoms with Crippen molar-refractivity contribution >= 4 is 5.91 Å². The highest BCUT2D eigenvalue weighted by Gasteiger charge is 2.46. The molecule has 0 aliphatic carbocycles. The van der Waals surface area contributed by atoms with Gasteiger partial charge in [-0.3, -0.25) is 4.79 Å². The van der Waals surface area contributed by atoms with Crippen LogP contribution in [0.4, 0.5) is 0 Å². The highest BCUT2D eigenvalue weighted by molar-refractivity contribution is 5.81. The Labute approximate surface area is 101 Å². The van der Waals surface area contributed by atoms with E-state index in [2.05, 4.69) is 0 Å². The van der Waals surface area contributed by atoms with Gasteiger partial charge in [-0.2, -0.15) is 0 Å². The number of hydrogen-bond acceptors (Lipinski definition) is 4. The van der Waals surface area contributed by atoms with E-state index in [1.54, 1.807) is 0 Å². The van der Waals surface area contributed by atoms with Crippen molar-refractivity contribution in [2.45, 2.75) is 44.2 Å². The fraction of sp³-hybridized carbons (Fsp3) is 0.917. The molecule has 0 aromatic rings. The van der Waals surface area contributed by atoms with Gasteiger partial charge in [0, 0.05) is 13.0 Å². The minimum absolute atomic E-state index is 0.102. The second-order valence-corrected chi connectivity index (χ2v) is 5.13. The third kappa shape index (κ3) is 2.07. The van der Waals surface area contributed by atoms with E-state index in [1.807, 2.05) is 11.8 Å². The zero-order valence-corrected chi connectivity index (χ0v) is 10.2. The van der Waals surface area contributed by atoms with Crippen molar-refractivity contribution in [3.8, 4) is 0 Å². The topological polar surface area (TPSA) is 48.0 Å². The molecule has 3 saturated heterocycles. The van der Waals surface area contributed by atoms with E-state index in [1.165, 1.54) is 0 Å². The summed E-state index contributed by atoms with van der Waals surface area (Å²) in [5, 5.41) is 0. The molecule has 1 amide bonds. The van der Waals surface area contributed by atoms with Crippen LogP contribution in [0.1, 0.15) is 26.2 Å². The van der Waals surface area contributed by atoms with Crippen LogP contribution in [0.5, 0.6) is 0 Å². The van der Waals surface area contributed by atoms with Gasteiger partial charge in [-0.1, -0.05) is 0 Å². The summed E-state index contributed by atoms with van der Waals surface area (Å²) >= 11 is 0. The Morgan fingerprint density at radius 1 is 1.29 bits per heavy atom. The van der Waals surface area contributed by atoms with Crippen molar-refractivity contribution < 1.29 is 19.0 Å². The van der Waals surface area contributed by atoms with Crippen LogP contribution in [-0.4, -0.2) is 55.1 Å². The Morgan fingerprint density at radius 3 is 2.71 bits per heavy atom. The lowest BCUT2D eigenvalue weighted by molar-refractivity contribution is -0.157. The molecule has 0 aromatic heterocycles. The van der Waals surface area contributed by atoms with Crippen LogP contribution < -0.4 is 0 Å². The van der Waals surface area contributed by atoms with Gasteiger partial charge >= 0.3 is 0 Å². The molecule has 0 N–H and O–H groups in total. The number of carbonyl (C=O) groups is 1. The molecule has 3 rings (SSSR count). The molecule has 2 unspecified atom stereocenters. The summed E-state index contributed by atoms with van der Waals surface area (Å²) in [6, 6.07) is 0. The molecule has 3 aliphatic heterocycles. The number of hydrogen-bond donors (Lipinski definition) is 0. The van der Waals surface area contributed by atoms with Gasteiger partial charge in [-0.25, -0.2) is 0 Å². The maximum absolute atomic E-state index is 12.2. The predicted octanol–water partition coefficient (Wildman–Crippen LogP) is 0.529. The Morgan fingerprint density at radius 2 is 2.06 bits per heavy atom. The SMILES string of the molecule is CC1CCC(C(=O)N2CCC3(C2)OCCO3)O1. The van der Waals surface area contributed by atoms with E-state index in [9.17, 15) is 4.79 Å². The van der Waals surface area contributed by atoms with Crippen LogP contribution in [-0.2, 0) is 19.0 Å². The molecule has 3 heterocycles. The molecular weight excluding hydrogens is 222 g/mol. The average Bonchev–Trinajstić information content (AvgIpc) is 3.02. The largest absolute Gasteiger partial charge is 0.365 e. The summed E-state index contributed by atoms with van der Waals surface area (Å²) in [5.74, 6) is -0.412. The Balaban J connectivity index is 1.60. The lowest BCUT2D eigenvalue weighted by Crippen LogP contribution is -2.41. The van der Waals surface area contributed by atoms with E-state index in [0.717, 1.165) is 19.3 Å². The number of likely N-dealkylation sites (tertiary alicyclic amines) is 1. The number of nitrogens with zero attached hydrogens (tertiary/aromatic N) is 1. The summed E-state index contributed by atoms with van der Waals surface area (Å²) < 4.78 is 16.8. The molecule has 2 atom stereocenters. The van der Waals surface area contributed by atoms with Crippen LogP contribution in [0.25, 0.3) is 0 Å². The van der Waals surface area contributed by atoms with Gasteiger partial charge < -0.3 is 19.1 Å². The Hall–Kier alpha value is -0.650. The van der Waals surface area contributed by atoms with Crippen molar-refractivity contribution in [3.05, 3.63) is 0 Å². The highest BCUT2D eigenvalue weighted by Crippen LogP contribution is 2.32. The summed E-state index contributed by atoms with van der Waals surface area (Å²) in [7, 11) is 0. The van der Waals surface area contributed by atoms with Crippen LogP contribution in [0.15, 0.2) is 0 Å². The predicted molar refractivity (Wildman–Crippen MR) is 59.4 cm³/mol. The Bertz CT molecular complexity index is 314. The van der Waals surface area contributed by atoms with E-state index in [-0.39, 0.29) is 18.1 Å². The third-order valence-electron chi connectivity index (χ3n) is 3.83. The first-order chi connectivity index (χ1) is 8.19. The molecule has 0 radical (unpaired) electrons. The number of rotatable bonds is 1. The fourth-order valence-electron chi connectivity index (χ4n) is 2.86. The molecule has 0 aromatic carbocycles. The second kappa shape index (κ2) is 4.23. The summed E-state index contributed by atoms with van der Waals surface area (Å²) in [5.41, 5.74) is 0. The minimum atomic E-state index is -0.514. The first-order valence-electron chi connectivity index (χ1n) is 6.41.